The number of hydrogen-bond donors (Lipinski definition) is 2. The molecule has 2 amide bonds. The maximum absolute atomic E-state index is 10.4. The van der Waals surface area contributed by atoms with Crippen LogP contribution in [0.5, 0.6) is 0 Å². The smallest absolute Gasteiger partial charge is 0.322 e. The fourth-order valence-corrected chi connectivity index (χ4v) is 2.38. The highest BCUT2D eigenvalue weighted by Gasteiger charge is 1.94. The molecule has 4 heteroatoms. The predicted octanol–water partition coefficient (Wildman–Crippen LogP) is 4.22. The summed E-state index contributed by atoms with van der Waals surface area (Å²) in [5.74, 6) is 0.972. The number of hydrogen-bond acceptors (Lipinski definition) is 2. The molecule has 0 aromatic carbocycles. The van der Waals surface area contributed by atoms with Crippen molar-refractivity contribution >= 4 is 18.0 Å². The number of urea groups is 1. The summed E-state index contributed by atoms with van der Waals surface area (Å²) in [7, 11) is 0. The summed E-state index contributed by atoms with van der Waals surface area (Å²) in [5, 5.41) is 0. The summed E-state index contributed by atoms with van der Waals surface area (Å²) < 4.78 is 2.53. The molecular weight excluding hydrogens is 232 g/mol. The van der Waals surface area contributed by atoms with Crippen LogP contribution in [-0.2, 0) is 0 Å². The molecule has 3 N–H and O–H groups in total. The second-order valence-corrected chi connectivity index (χ2v) is 5.40. The van der Waals surface area contributed by atoms with Crippen molar-refractivity contribution in [3.63, 3.8) is 0 Å². The number of unbranched alkanes of at least 4 members (excludes halogenated alkanes) is 9. The van der Waals surface area contributed by atoms with E-state index in [2.05, 4.69) is 11.6 Å². The van der Waals surface area contributed by atoms with Crippen molar-refractivity contribution in [2.45, 2.75) is 71.1 Å². The molecular formula is C13H28N2OS. The average Bonchev–Trinajstić information content (AvgIpc) is 2.30. The lowest BCUT2D eigenvalue weighted by Crippen LogP contribution is -2.23. The number of carbonyl (C=O) groups excluding carboxylic acids is 1. The van der Waals surface area contributed by atoms with Gasteiger partial charge in [0.05, 0.1) is 0 Å². The number of nitrogens with one attached hydrogen (secondary N) is 1. The van der Waals surface area contributed by atoms with Crippen LogP contribution < -0.4 is 10.5 Å². The highest BCUT2D eigenvalue weighted by atomic mass is 32.2. The van der Waals surface area contributed by atoms with Gasteiger partial charge in [-0.2, -0.15) is 0 Å². The predicted molar refractivity (Wildman–Crippen MR) is 77.0 cm³/mol. The monoisotopic (exact) mass is 260 g/mol. The Bertz CT molecular complexity index is 177. The summed E-state index contributed by atoms with van der Waals surface area (Å²) in [6.45, 7) is 2.26. The first kappa shape index (κ1) is 16.6. The van der Waals surface area contributed by atoms with Gasteiger partial charge in [0.25, 0.3) is 0 Å². The normalized spacial score (nSPS) is 10.4. The molecule has 0 aromatic heterocycles. The molecule has 17 heavy (non-hydrogen) atoms. The Kier molecular flexibility index (Phi) is 13.4. The second kappa shape index (κ2) is 13.7. The van der Waals surface area contributed by atoms with Crippen LogP contribution in [0, 0.1) is 0 Å². The minimum atomic E-state index is -0.443. The molecule has 0 fully saturated rings. The van der Waals surface area contributed by atoms with Gasteiger partial charge in [-0.05, 0) is 18.4 Å². The van der Waals surface area contributed by atoms with Crippen LogP contribution in [0.25, 0.3) is 0 Å². The molecule has 0 radical (unpaired) electrons. The molecule has 0 aliphatic heterocycles. The Morgan fingerprint density at radius 3 is 1.88 bits per heavy atom. The molecule has 0 atom stereocenters. The number of rotatable bonds is 12. The topological polar surface area (TPSA) is 55.1 Å². The Morgan fingerprint density at radius 1 is 0.941 bits per heavy atom. The molecule has 0 aromatic rings. The van der Waals surface area contributed by atoms with Crippen LogP contribution in [-0.4, -0.2) is 11.8 Å². The molecule has 0 heterocycles. The molecule has 0 aliphatic carbocycles. The number of carbonyl (C=O) groups is 1. The Labute approximate surface area is 110 Å². The van der Waals surface area contributed by atoms with Gasteiger partial charge in [-0.3, -0.25) is 4.72 Å². The van der Waals surface area contributed by atoms with Crippen LogP contribution >= 0.6 is 11.9 Å². The van der Waals surface area contributed by atoms with Gasteiger partial charge in [-0.25, -0.2) is 4.79 Å². The maximum Gasteiger partial charge on any atom is 0.322 e. The summed E-state index contributed by atoms with van der Waals surface area (Å²) in [4.78, 5) is 10.4. The van der Waals surface area contributed by atoms with Gasteiger partial charge in [0.1, 0.15) is 0 Å². The van der Waals surface area contributed by atoms with E-state index in [-0.39, 0.29) is 0 Å². The van der Waals surface area contributed by atoms with Crippen molar-refractivity contribution in [3.8, 4) is 0 Å². The zero-order valence-corrected chi connectivity index (χ0v) is 12.0. The Morgan fingerprint density at radius 2 is 1.41 bits per heavy atom. The highest BCUT2D eigenvalue weighted by Crippen LogP contribution is 2.11. The highest BCUT2D eigenvalue weighted by molar-refractivity contribution is 7.97. The van der Waals surface area contributed by atoms with E-state index in [1.807, 2.05) is 0 Å². The number of primary amides is 1. The first-order chi connectivity index (χ1) is 8.27. The van der Waals surface area contributed by atoms with E-state index in [0.717, 1.165) is 5.75 Å². The first-order valence-electron chi connectivity index (χ1n) is 6.94. The number of amides is 2. The van der Waals surface area contributed by atoms with E-state index in [0.29, 0.717) is 0 Å². The first-order valence-corrected chi connectivity index (χ1v) is 7.93. The molecule has 3 nitrogen and oxygen atoms in total. The third-order valence-electron chi connectivity index (χ3n) is 2.77. The van der Waals surface area contributed by atoms with Gasteiger partial charge in [0.2, 0.25) is 0 Å². The van der Waals surface area contributed by atoms with E-state index in [1.165, 1.54) is 76.2 Å². The van der Waals surface area contributed by atoms with Crippen LogP contribution in [0.2, 0.25) is 0 Å². The largest absolute Gasteiger partial charge is 0.351 e. The Balaban J connectivity index is 2.91. The third kappa shape index (κ3) is 15.6. The minimum Gasteiger partial charge on any atom is -0.351 e. The SMILES string of the molecule is CCCCCCCCCCCCSNC(N)=O. The molecule has 0 saturated heterocycles. The van der Waals surface area contributed by atoms with Crippen molar-refractivity contribution in [1.29, 1.82) is 0 Å². The summed E-state index contributed by atoms with van der Waals surface area (Å²) in [6, 6.07) is -0.443. The van der Waals surface area contributed by atoms with Gasteiger partial charge in [-0.1, -0.05) is 64.7 Å². The van der Waals surface area contributed by atoms with Crippen molar-refractivity contribution in [1.82, 2.24) is 4.72 Å². The van der Waals surface area contributed by atoms with E-state index in [9.17, 15) is 4.79 Å². The molecule has 0 saturated carbocycles. The van der Waals surface area contributed by atoms with Gasteiger partial charge in [0, 0.05) is 5.75 Å². The average molecular weight is 260 g/mol. The van der Waals surface area contributed by atoms with Crippen molar-refractivity contribution < 1.29 is 4.79 Å². The molecule has 0 spiro atoms. The molecule has 0 rings (SSSR count). The van der Waals surface area contributed by atoms with Crippen LogP contribution in [0.3, 0.4) is 0 Å². The standard InChI is InChI=1S/C13H28N2OS/c1-2-3-4-5-6-7-8-9-10-11-12-17-15-13(14)16/h2-12H2,1H3,(H3,14,15,16). The molecule has 0 bridgehead atoms. The van der Waals surface area contributed by atoms with E-state index in [4.69, 9.17) is 5.73 Å². The number of nitrogens with two attached hydrogens (primary N) is 1. The summed E-state index contributed by atoms with van der Waals surface area (Å²) in [5.41, 5.74) is 4.95. The third-order valence-corrected chi connectivity index (χ3v) is 3.61. The van der Waals surface area contributed by atoms with Crippen molar-refractivity contribution in [2.24, 2.45) is 5.73 Å². The minimum absolute atomic E-state index is 0.443. The lowest BCUT2D eigenvalue weighted by Gasteiger charge is -2.02. The van der Waals surface area contributed by atoms with E-state index in [1.54, 1.807) is 0 Å². The van der Waals surface area contributed by atoms with Crippen LogP contribution in [0.15, 0.2) is 0 Å². The van der Waals surface area contributed by atoms with E-state index >= 15 is 0 Å². The van der Waals surface area contributed by atoms with Gasteiger partial charge in [0.15, 0.2) is 0 Å². The Hall–Kier alpha value is -0.380. The zero-order chi connectivity index (χ0) is 12.8. The fraction of sp³-hybridized carbons (Fsp3) is 0.923. The van der Waals surface area contributed by atoms with Gasteiger partial charge < -0.3 is 5.73 Å². The van der Waals surface area contributed by atoms with Crippen molar-refractivity contribution in [2.75, 3.05) is 5.75 Å². The summed E-state index contributed by atoms with van der Waals surface area (Å²) >= 11 is 1.41. The van der Waals surface area contributed by atoms with Crippen LogP contribution in [0.1, 0.15) is 71.1 Å². The molecule has 102 valence electrons. The lowest BCUT2D eigenvalue weighted by atomic mass is 10.1. The molecule has 0 unspecified atom stereocenters. The summed E-state index contributed by atoms with van der Waals surface area (Å²) in [6.07, 6.45) is 13.4. The van der Waals surface area contributed by atoms with E-state index < -0.39 is 6.03 Å². The van der Waals surface area contributed by atoms with Crippen molar-refractivity contribution in [3.05, 3.63) is 0 Å². The van der Waals surface area contributed by atoms with Gasteiger partial charge >= 0.3 is 6.03 Å². The quantitative estimate of drug-likeness (QED) is 0.407. The molecule has 0 aliphatic rings. The maximum atomic E-state index is 10.4. The van der Waals surface area contributed by atoms with Gasteiger partial charge in [-0.15, -0.1) is 0 Å². The zero-order valence-electron chi connectivity index (χ0n) is 11.2. The second-order valence-electron chi connectivity index (χ2n) is 4.50. The van der Waals surface area contributed by atoms with Crippen LogP contribution in [0.4, 0.5) is 4.79 Å². The fourth-order valence-electron chi connectivity index (χ4n) is 1.78. The lowest BCUT2D eigenvalue weighted by molar-refractivity contribution is 0.254.